The van der Waals surface area contributed by atoms with E-state index in [1.165, 1.54) is 0 Å². The molecule has 0 bridgehead atoms. The number of aliphatic imine (C=N–C) groups is 1. The third kappa shape index (κ3) is 29.0. The number of nitrogens with one attached hydrogen (secondary N) is 8. The van der Waals surface area contributed by atoms with E-state index in [-0.39, 0.29) is 90.2 Å². The van der Waals surface area contributed by atoms with Crippen molar-refractivity contribution in [3.8, 4) is 0 Å². The second-order valence-electron chi connectivity index (χ2n) is 23.1. The topological polar surface area (TPSA) is 510 Å². The fraction of sp³-hybridized carbons (Fsp3) is 0.424. The quantitative estimate of drug-likeness (QED) is 0.0131. The average molecular weight is 1330 g/mol. The summed E-state index contributed by atoms with van der Waals surface area (Å²) in [6.45, 7) is 4.04. The van der Waals surface area contributed by atoms with Crippen LogP contribution in [0.3, 0.4) is 0 Å². The maximum Gasteiger partial charge on any atom is 0.300 e. The van der Waals surface area contributed by atoms with Gasteiger partial charge in [0.2, 0.25) is 70.9 Å². The molecule has 4 aromatic rings. The molecule has 9 atom stereocenters. The molecule has 21 N–H and O–H groups in total. The Morgan fingerprint density at radius 2 is 0.927 bits per heavy atom. The van der Waals surface area contributed by atoms with E-state index in [0.29, 0.717) is 16.7 Å². The molecule has 0 aliphatic carbocycles. The van der Waals surface area contributed by atoms with Crippen molar-refractivity contribution in [2.75, 3.05) is 19.6 Å². The SMILES string of the molecule is C.CC(=O)O.CC(C)C[C@H](NC(=O)CNC(=O)[C@H](Cc1ccccc1)NC(=O)[C@@H]1CCCN1C(=O)[C@H](CC(N)=O)NC(=O)[C@H](Cc1ccccc1)NC(=O)[C@H](CC(N)=O)NC(=O)[C@@H](N)Cc1ccccc1)C(=O)N[C@@H](CCCN=C(N)N)C(=O)N[C@@H](Cc1ccccc1)C(N)=O. The van der Waals surface area contributed by atoms with Gasteiger partial charge in [-0.15, -0.1) is 0 Å². The number of primary amides is 3. The lowest BCUT2D eigenvalue weighted by atomic mass is 10.0. The van der Waals surface area contributed by atoms with E-state index in [4.69, 9.17) is 44.3 Å². The van der Waals surface area contributed by atoms with Crippen LogP contribution in [0.1, 0.15) is 95.4 Å². The van der Waals surface area contributed by atoms with Crippen LogP contribution in [0.5, 0.6) is 0 Å². The first kappa shape index (κ1) is 79.5. The lowest BCUT2D eigenvalue weighted by Crippen LogP contribution is -2.60. The molecule has 1 fully saturated rings. The van der Waals surface area contributed by atoms with Crippen molar-refractivity contribution < 1.29 is 67.4 Å². The highest BCUT2D eigenvalue weighted by molar-refractivity contribution is 6.00. The largest absolute Gasteiger partial charge is 0.481 e. The Balaban J connectivity index is 0.00000466. The van der Waals surface area contributed by atoms with E-state index in [9.17, 15) is 57.5 Å². The Bertz CT molecular complexity index is 3280. The number of carboxylic acid groups (broad SMARTS) is 1. The van der Waals surface area contributed by atoms with Gasteiger partial charge in [-0.3, -0.25) is 67.3 Å². The minimum Gasteiger partial charge on any atom is -0.481 e. The van der Waals surface area contributed by atoms with Gasteiger partial charge in [-0.2, -0.15) is 0 Å². The van der Waals surface area contributed by atoms with Crippen LogP contribution in [-0.2, 0) is 88.0 Å². The fourth-order valence-corrected chi connectivity index (χ4v) is 10.1. The molecule has 1 saturated heterocycles. The molecule has 0 spiro atoms. The van der Waals surface area contributed by atoms with Crippen molar-refractivity contribution in [3.05, 3.63) is 144 Å². The van der Waals surface area contributed by atoms with E-state index < -0.39 is 151 Å². The van der Waals surface area contributed by atoms with Gasteiger partial charge < -0.3 is 86.9 Å². The Labute approximate surface area is 557 Å². The normalized spacial score (nSPS) is 14.7. The van der Waals surface area contributed by atoms with Crippen LogP contribution in [0.25, 0.3) is 0 Å². The van der Waals surface area contributed by atoms with Gasteiger partial charge in [0.05, 0.1) is 25.4 Å². The zero-order chi connectivity index (χ0) is 70.1. The molecule has 96 heavy (non-hydrogen) atoms. The number of rotatable bonds is 36. The monoisotopic (exact) mass is 1330 g/mol. The van der Waals surface area contributed by atoms with E-state index in [0.717, 1.165) is 17.4 Å². The molecule has 520 valence electrons. The summed E-state index contributed by atoms with van der Waals surface area (Å²) >= 11 is 0. The number of nitrogens with two attached hydrogens (primary N) is 6. The number of hydrogen-bond acceptors (Lipinski definition) is 15. The van der Waals surface area contributed by atoms with E-state index in [2.05, 4.69) is 47.5 Å². The minimum atomic E-state index is -1.70. The zero-order valence-corrected chi connectivity index (χ0v) is 53.3. The molecule has 12 amide bonds. The Hall–Kier alpha value is -10.8. The van der Waals surface area contributed by atoms with Crippen molar-refractivity contribution >= 4 is 82.8 Å². The zero-order valence-electron chi connectivity index (χ0n) is 53.3. The van der Waals surface area contributed by atoms with Crippen LogP contribution >= 0.6 is 0 Å². The average Bonchev–Trinajstić information content (AvgIpc) is 1.59. The van der Waals surface area contributed by atoms with Gasteiger partial charge in [0, 0.05) is 39.3 Å². The molecule has 0 unspecified atom stereocenters. The molecule has 30 nitrogen and oxygen atoms in total. The fourth-order valence-electron chi connectivity index (χ4n) is 10.1. The van der Waals surface area contributed by atoms with E-state index in [1.54, 1.807) is 135 Å². The van der Waals surface area contributed by atoms with Crippen LogP contribution in [0.2, 0.25) is 0 Å². The van der Waals surface area contributed by atoms with Crippen molar-refractivity contribution in [3.63, 3.8) is 0 Å². The predicted octanol–water partition coefficient (Wildman–Crippen LogP) is -2.15. The van der Waals surface area contributed by atoms with Crippen LogP contribution in [0, 0.1) is 5.92 Å². The van der Waals surface area contributed by atoms with Crippen molar-refractivity contribution in [1.29, 1.82) is 0 Å². The molecule has 5 rings (SSSR count). The number of nitrogens with zero attached hydrogens (tertiary/aromatic N) is 2. The van der Waals surface area contributed by atoms with Gasteiger partial charge in [-0.05, 0) is 66.7 Å². The summed E-state index contributed by atoms with van der Waals surface area (Å²) in [5.41, 5.74) is 36.5. The van der Waals surface area contributed by atoms with E-state index in [1.807, 2.05) is 0 Å². The second-order valence-corrected chi connectivity index (χ2v) is 23.1. The number of guanidine groups is 1. The van der Waals surface area contributed by atoms with Gasteiger partial charge >= 0.3 is 0 Å². The molecule has 4 aromatic carbocycles. The summed E-state index contributed by atoms with van der Waals surface area (Å²) in [6, 6.07) is 22.3. The highest BCUT2D eigenvalue weighted by atomic mass is 16.4. The first-order valence-corrected chi connectivity index (χ1v) is 30.8. The molecule has 0 saturated carbocycles. The Morgan fingerprint density at radius 3 is 1.41 bits per heavy atom. The standard InChI is InChI=1S/C63H84N16O12.C2H4O2.CH4/c1-37(2)29-45(58(87)73-43(25-15-27-70-63(68)69)57(86)74-44(54(67)83)31-39-19-9-4-10-20-39)72-53(82)36-71-56(85)46(32-40-21-11-5-12-22-40)77-61(90)50-26-16-28-79(50)62(91)49(35-52(66)81)78-59(88)47(33-41-23-13-6-14-24-41)76-60(89)48(34-51(65)80)75-55(84)42(64)30-38-17-7-3-8-18-38;1-2(3)4;/h3-14,17-24,37,42-50H,15-16,25-36,64H2,1-2H3,(H2,65,80)(H2,66,81)(H2,67,83)(H,71,85)(H,72,82)(H,73,87)(H,74,86)(H,75,84)(H,76,89)(H,77,90)(H,78,88)(H4,68,69,70);1H3,(H,3,4);1H4/t42-,43-,44-,45-,46-,47-,48-,49-,50-;;/m0../s1. The van der Waals surface area contributed by atoms with Crippen LogP contribution in [0.4, 0.5) is 0 Å². The van der Waals surface area contributed by atoms with Gasteiger partial charge in [0.15, 0.2) is 5.96 Å². The smallest absolute Gasteiger partial charge is 0.300 e. The van der Waals surface area contributed by atoms with Crippen LogP contribution in [-0.4, -0.2) is 167 Å². The number of carbonyl (C=O) groups excluding carboxylic acids is 12. The molecular weight excluding hydrogens is 1240 g/mol. The summed E-state index contributed by atoms with van der Waals surface area (Å²) in [6.07, 6.45) is -0.962. The second kappa shape index (κ2) is 41.0. The Morgan fingerprint density at radius 1 is 0.521 bits per heavy atom. The maximum absolute atomic E-state index is 14.6. The Kier molecular flexibility index (Phi) is 34.0. The summed E-state index contributed by atoms with van der Waals surface area (Å²) in [4.78, 5) is 178. The summed E-state index contributed by atoms with van der Waals surface area (Å²) in [5, 5.41) is 28.1. The first-order chi connectivity index (χ1) is 45.1. The highest BCUT2D eigenvalue weighted by Crippen LogP contribution is 2.21. The van der Waals surface area contributed by atoms with Gasteiger partial charge in [0.1, 0.15) is 48.3 Å². The molecular formula is C66H92N16O14. The summed E-state index contributed by atoms with van der Waals surface area (Å²) in [7, 11) is 0. The molecule has 0 aromatic heterocycles. The highest BCUT2D eigenvalue weighted by Gasteiger charge is 2.41. The number of hydrogen-bond donors (Lipinski definition) is 15. The number of carboxylic acids is 1. The number of aliphatic carboxylic acids is 1. The van der Waals surface area contributed by atoms with Crippen LogP contribution in [0.15, 0.2) is 126 Å². The lowest BCUT2D eigenvalue weighted by Gasteiger charge is -2.30. The number of amides is 12. The van der Waals surface area contributed by atoms with Crippen molar-refractivity contribution in [2.24, 2.45) is 45.3 Å². The molecule has 30 heteroatoms. The molecule has 1 heterocycles. The number of benzene rings is 4. The van der Waals surface area contributed by atoms with Gasteiger partial charge in [-0.1, -0.05) is 143 Å². The van der Waals surface area contributed by atoms with E-state index >= 15 is 0 Å². The molecule has 1 aliphatic heterocycles. The molecule has 0 radical (unpaired) electrons. The molecule has 1 aliphatic rings. The summed E-state index contributed by atoms with van der Waals surface area (Å²) < 4.78 is 0. The van der Waals surface area contributed by atoms with Gasteiger partial charge in [0.25, 0.3) is 5.97 Å². The van der Waals surface area contributed by atoms with Crippen molar-refractivity contribution in [1.82, 2.24) is 47.4 Å². The summed E-state index contributed by atoms with van der Waals surface area (Å²) in [5.74, 6) is -11.6. The minimum absolute atomic E-state index is 0. The third-order valence-corrected chi connectivity index (χ3v) is 14.7. The number of likely N-dealkylation sites (tertiary alicyclic amines) is 1. The van der Waals surface area contributed by atoms with Crippen LogP contribution < -0.4 is 76.9 Å². The first-order valence-electron chi connectivity index (χ1n) is 30.8. The van der Waals surface area contributed by atoms with Gasteiger partial charge in [-0.25, -0.2) is 0 Å². The van der Waals surface area contributed by atoms with Crippen molar-refractivity contribution in [2.45, 2.75) is 153 Å². The number of carbonyl (C=O) groups is 13. The predicted molar refractivity (Wildman–Crippen MR) is 356 cm³/mol. The maximum atomic E-state index is 14.6. The lowest BCUT2D eigenvalue weighted by molar-refractivity contribution is -0.143. The third-order valence-electron chi connectivity index (χ3n) is 14.7.